The highest BCUT2D eigenvalue weighted by molar-refractivity contribution is 5.45. The van der Waals surface area contributed by atoms with Crippen molar-refractivity contribution in [3.05, 3.63) is 59.7 Å². The highest BCUT2D eigenvalue weighted by Crippen LogP contribution is 2.15. The first kappa shape index (κ1) is 15.4. The third-order valence-electron chi connectivity index (χ3n) is 3.68. The maximum absolute atomic E-state index is 5.16. The van der Waals surface area contributed by atoms with E-state index in [4.69, 9.17) is 4.74 Å². The first-order valence-corrected chi connectivity index (χ1v) is 7.77. The van der Waals surface area contributed by atoms with Crippen molar-refractivity contribution in [2.75, 3.05) is 12.4 Å². The molecule has 2 heteroatoms. The standard InChI is InChI=1S/C19H25NO/c1-3-4-5-6-16-7-11-18(12-8-16)20-15-17-9-13-19(21-2)14-10-17/h7-14,20H,3-6,15H2,1-2H3. The van der Waals surface area contributed by atoms with E-state index in [0.717, 1.165) is 12.3 Å². The molecule has 0 atom stereocenters. The van der Waals surface area contributed by atoms with E-state index in [1.165, 1.54) is 42.5 Å². The molecule has 21 heavy (non-hydrogen) atoms. The Labute approximate surface area is 128 Å². The van der Waals surface area contributed by atoms with Gasteiger partial charge in [0.1, 0.15) is 5.75 Å². The third-order valence-corrected chi connectivity index (χ3v) is 3.68. The van der Waals surface area contributed by atoms with E-state index in [-0.39, 0.29) is 0 Å². The van der Waals surface area contributed by atoms with Gasteiger partial charge in [-0.3, -0.25) is 0 Å². The fourth-order valence-corrected chi connectivity index (χ4v) is 2.32. The summed E-state index contributed by atoms with van der Waals surface area (Å²) in [4.78, 5) is 0. The first-order chi connectivity index (χ1) is 10.3. The highest BCUT2D eigenvalue weighted by atomic mass is 16.5. The van der Waals surface area contributed by atoms with Gasteiger partial charge in [-0.25, -0.2) is 0 Å². The van der Waals surface area contributed by atoms with Crippen LogP contribution in [0.4, 0.5) is 5.69 Å². The fourth-order valence-electron chi connectivity index (χ4n) is 2.32. The molecule has 0 aliphatic heterocycles. The summed E-state index contributed by atoms with van der Waals surface area (Å²) in [5.41, 5.74) is 3.85. The van der Waals surface area contributed by atoms with Crippen molar-refractivity contribution >= 4 is 5.69 Å². The fraction of sp³-hybridized carbons (Fsp3) is 0.368. The second-order valence-electron chi connectivity index (χ2n) is 5.36. The minimum absolute atomic E-state index is 0.833. The molecule has 0 aromatic heterocycles. The van der Waals surface area contributed by atoms with Crippen molar-refractivity contribution in [2.45, 2.75) is 39.2 Å². The van der Waals surface area contributed by atoms with Gasteiger partial charge < -0.3 is 10.1 Å². The number of unbranched alkanes of at least 4 members (excludes halogenated alkanes) is 2. The second-order valence-corrected chi connectivity index (χ2v) is 5.36. The molecule has 1 N–H and O–H groups in total. The summed E-state index contributed by atoms with van der Waals surface area (Å²) >= 11 is 0. The van der Waals surface area contributed by atoms with E-state index in [0.29, 0.717) is 0 Å². The van der Waals surface area contributed by atoms with Gasteiger partial charge in [-0.05, 0) is 48.2 Å². The molecule has 2 rings (SSSR count). The minimum atomic E-state index is 0.833. The summed E-state index contributed by atoms with van der Waals surface area (Å²) in [5.74, 6) is 0.898. The van der Waals surface area contributed by atoms with Crippen molar-refractivity contribution in [3.63, 3.8) is 0 Å². The number of hydrogen-bond acceptors (Lipinski definition) is 2. The zero-order chi connectivity index (χ0) is 14.9. The van der Waals surface area contributed by atoms with Gasteiger partial charge >= 0.3 is 0 Å². The maximum Gasteiger partial charge on any atom is 0.118 e. The van der Waals surface area contributed by atoms with Gasteiger partial charge in [0.05, 0.1) is 7.11 Å². The normalized spacial score (nSPS) is 10.4. The zero-order valence-corrected chi connectivity index (χ0v) is 13.1. The number of anilines is 1. The predicted octanol–water partition coefficient (Wildman–Crippen LogP) is 5.04. The smallest absolute Gasteiger partial charge is 0.118 e. The van der Waals surface area contributed by atoms with E-state index in [9.17, 15) is 0 Å². The monoisotopic (exact) mass is 283 g/mol. The molecule has 0 aliphatic rings. The quantitative estimate of drug-likeness (QED) is 0.685. The maximum atomic E-state index is 5.16. The molecule has 2 nitrogen and oxygen atoms in total. The van der Waals surface area contributed by atoms with Crippen LogP contribution in [-0.4, -0.2) is 7.11 Å². The number of aryl methyl sites for hydroxylation is 1. The lowest BCUT2D eigenvalue weighted by Gasteiger charge is -2.08. The van der Waals surface area contributed by atoms with Crippen LogP contribution in [0, 0.1) is 0 Å². The average molecular weight is 283 g/mol. The van der Waals surface area contributed by atoms with Crippen molar-refractivity contribution in [3.8, 4) is 5.75 Å². The average Bonchev–Trinajstić information content (AvgIpc) is 2.55. The topological polar surface area (TPSA) is 21.3 Å². The number of benzene rings is 2. The first-order valence-electron chi connectivity index (χ1n) is 7.77. The molecule has 0 saturated heterocycles. The van der Waals surface area contributed by atoms with E-state index < -0.39 is 0 Å². The largest absolute Gasteiger partial charge is 0.497 e. The van der Waals surface area contributed by atoms with Crippen LogP contribution in [0.25, 0.3) is 0 Å². The van der Waals surface area contributed by atoms with Crippen LogP contribution in [0.2, 0.25) is 0 Å². The molecule has 0 amide bonds. The number of methoxy groups -OCH3 is 1. The Morgan fingerprint density at radius 3 is 2.14 bits per heavy atom. The van der Waals surface area contributed by atoms with Crippen molar-refractivity contribution < 1.29 is 4.74 Å². The molecule has 0 fully saturated rings. The van der Waals surface area contributed by atoms with Gasteiger partial charge in [0.2, 0.25) is 0 Å². The summed E-state index contributed by atoms with van der Waals surface area (Å²) in [6, 6.07) is 17.0. The molecule has 0 unspecified atom stereocenters. The molecule has 0 spiro atoms. The lowest BCUT2D eigenvalue weighted by atomic mass is 10.1. The van der Waals surface area contributed by atoms with Gasteiger partial charge in [0, 0.05) is 12.2 Å². The summed E-state index contributed by atoms with van der Waals surface area (Å²) in [7, 11) is 1.69. The van der Waals surface area contributed by atoms with Crippen LogP contribution in [0.5, 0.6) is 5.75 Å². The SMILES string of the molecule is CCCCCc1ccc(NCc2ccc(OC)cc2)cc1. The number of nitrogens with one attached hydrogen (secondary N) is 1. The Bertz CT molecular complexity index is 516. The Morgan fingerprint density at radius 2 is 1.52 bits per heavy atom. The number of ether oxygens (including phenoxy) is 1. The summed E-state index contributed by atoms with van der Waals surface area (Å²) < 4.78 is 5.16. The van der Waals surface area contributed by atoms with Crippen molar-refractivity contribution in [1.82, 2.24) is 0 Å². The molecule has 112 valence electrons. The summed E-state index contributed by atoms with van der Waals surface area (Å²) in [6.45, 7) is 3.07. The minimum Gasteiger partial charge on any atom is -0.497 e. The van der Waals surface area contributed by atoms with Crippen LogP contribution in [0.3, 0.4) is 0 Å². The molecular formula is C19H25NO. The van der Waals surface area contributed by atoms with Gasteiger partial charge in [0.15, 0.2) is 0 Å². The highest BCUT2D eigenvalue weighted by Gasteiger charge is 1.97. The van der Waals surface area contributed by atoms with E-state index in [1.807, 2.05) is 12.1 Å². The zero-order valence-electron chi connectivity index (χ0n) is 13.1. The summed E-state index contributed by atoms with van der Waals surface area (Å²) in [6.07, 6.45) is 5.07. The molecular weight excluding hydrogens is 258 g/mol. The van der Waals surface area contributed by atoms with Gasteiger partial charge in [0.25, 0.3) is 0 Å². The molecule has 2 aromatic rings. The van der Waals surface area contributed by atoms with E-state index >= 15 is 0 Å². The Hall–Kier alpha value is -1.96. The van der Waals surface area contributed by atoms with Gasteiger partial charge in [-0.15, -0.1) is 0 Å². The molecule has 0 bridgehead atoms. The lowest BCUT2D eigenvalue weighted by Crippen LogP contribution is -1.99. The van der Waals surface area contributed by atoms with Crippen LogP contribution in [0.15, 0.2) is 48.5 Å². The number of hydrogen-bond donors (Lipinski definition) is 1. The Balaban J connectivity index is 1.82. The molecule has 0 saturated carbocycles. The number of rotatable bonds is 8. The summed E-state index contributed by atoms with van der Waals surface area (Å²) in [5, 5.41) is 3.45. The Kier molecular flexibility index (Phi) is 6.14. The van der Waals surface area contributed by atoms with Crippen molar-refractivity contribution in [1.29, 1.82) is 0 Å². The predicted molar refractivity (Wildman–Crippen MR) is 90.0 cm³/mol. The van der Waals surface area contributed by atoms with Gasteiger partial charge in [-0.2, -0.15) is 0 Å². The molecule has 0 radical (unpaired) electrons. The van der Waals surface area contributed by atoms with Crippen LogP contribution >= 0.6 is 0 Å². The van der Waals surface area contributed by atoms with Crippen molar-refractivity contribution in [2.24, 2.45) is 0 Å². The van der Waals surface area contributed by atoms with E-state index in [1.54, 1.807) is 7.11 Å². The second kappa shape index (κ2) is 8.35. The molecule has 0 heterocycles. The van der Waals surface area contributed by atoms with Gasteiger partial charge in [-0.1, -0.05) is 44.0 Å². The van der Waals surface area contributed by atoms with Crippen LogP contribution < -0.4 is 10.1 Å². The molecule has 0 aliphatic carbocycles. The van der Waals surface area contributed by atoms with E-state index in [2.05, 4.69) is 48.6 Å². The molecule has 2 aromatic carbocycles. The van der Waals surface area contributed by atoms with Crippen LogP contribution in [-0.2, 0) is 13.0 Å². The van der Waals surface area contributed by atoms with Crippen LogP contribution in [0.1, 0.15) is 37.3 Å². The lowest BCUT2D eigenvalue weighted by molar-refractivity contribution is 0.414. The Morgan fingerprint density at radius 1 is 0.857 bits per heavy atom. The third kappa shape index (κ3) is 5.14.